The lowest BCUT2D eigenvalue weighted by molar-refractivity contribution is 0.151. The van der Waals surface area contributed by atoms with Gasteiger partial charge < -0.3 is 10.8 Å². The van der Waals surface area contributed by atoms with Gasteiger partial charge in [-0.3, -0.25) is 4.90 Å². The average molecular weight is 286 g/mol. The maximum atomic E-state index is 12.3. The predicted octanol–water partition coefficient (Wildman–Crippen LogP) is -1.04. The Morgan fingerprint density at radius 3 is 2.47 bits per heavy atom. The summed E-state index contributed by atoms with van der Waals surface area (Å²) in [5.74, 6) is 0. The van der Waals surface area contributed by atoms with Crippen LogP contribution in [0.2, 0.25) is 0 Å². The van der Waals surface area contributed by atoms with Gasteiger partial charge in [0.25, 0.3) is 10.0 Å². The van der Waals surface area contributed by atoms with Gasteiger partial charge in [0, 0.05) is 32.7 Å². The zero-order valence-electron chi connectivity index (χ0n) is 10.6. The van der Waals surface area contributed by atoms with Crippen LogP contribution in [0.25, 0.3) is 0 Å². The van der Waals surface area contributed by atoms with Gasteiger partial charge in [0.05, 0.1) is 18.5 Å². The number of aromatic nitrogens is 1. The Hall–Kier alpha value is -1.22. The lowest BCUT2D eigenvalue weighted by atomic mass is 10.4. The summed E-state index contributed by atoms with van der Waals surface area (Å²) >= 11 is 0. The lowest BCUT2D eigenvalue weighted by Gasteiger charge is -2.33. The fourth-order valence-electron chi connectivity index (χ4n) is 2.01. The summed E-state index contributed by atoms with van der Waals surface area (Å²) in [6.07, 6.45) is 1.34. The van der Waals surface area contributed by atoms with Crippen LogP contribution in [0.1, 0.15) is 0 Å². The largest absolute Gasteiger partial charge is 0.397 e. The Morgan fingerprint density at radius 1 is 1.26 bits per heavy atom. The van der Waals surface area contributed by atoms with Gasteiger partial charge in [0.2, 0.25) is 0 Å². The molecule has 2 rings (SSSR count). The highest BCUT2D eigenvalue weighted by Crippen LogP contribution is 2.16. The van der Waals surface area contributed by atoms with Crippen molar-refractivity contribution in [3.05, 3.63) is 18.3 Å². The second kappa shape index (κ2) is 5.83. The number of nitrogens with zero attached hydrogens (tertiary/aromatic N) is 3. The predicted molar refractivity (Wildman–Crippen MR) is 70.9 cm³/mol. The number of sulfonamides is 1. The number of nitrogens with two attached hydrogens (primary N) is 1. The van der Waals surface area contributed by atoms with Crippen molar-refractivity contribution in [2.24, 2.45) is 0 Å². The van der Waals surface area contributed by atoms with Crippen LogP contribution in [-0.2, 0) is 10.0 Å². The van der Waals surface area contributed by atoms with E-state index in [4.69, 9.17) is 10.8 Å². The fraction of sp³-hybridized carbons (Fsp3) is 0.545. The van der Waals surface area contributed by atoms with E-state index in [1.807, 2.05) is 4.90 Å². The van der Waals surface area contributed by atoms with E-state index in [0.717, 1.165) is 0 Å². The molecular weight excluding hydrogens is 268 g/mol. The summed E-state index contributed by atoms with van der Waals surface area (Å²) in [5, 5.41) is 8.88. The highest BCUT2D eigenvalue weighted by atomic mass is 32.2. The molecular formula is C11H18N4O3S. The summed E-state index contributed by atoms with van der Waals surface area (Å²) < 4.78 is 26.1. The molecule has 0 atom stereocenters. The Labute approximate surface area is 112 Å². The highest BCUT2D eigenvalue weighted by molar-refractivity contribution is 7.89. The van der Waals surface area contributed by atoms with Crippen LogP contribution in [0.4, 0.5) is 5.69 Å². The molecule has 0 unspecified atom stereocenters. The minimum absolute atomic E-state index is 0.0253. The molecule has 8 heteroatoms. The topological polar surface area (TPSA) is 99.8 Å². The van der Waals surface area contributed by atoms with E-state index in [0.29, 0.717) is 38.4 Å². The molecule has 1 saturated heterocycles. The van der Waals surface area contributed by atoms with Gasteiger partial charge in [-0.05, 0) is 12.1 Å². The number of β-amino-alcohol motifs (C(OH)–C–C–N with tert-alkyl or cyclic N) is 1. The number of pyridine rings is 1. The fourth-order valence-corrected chi connectivity index (χ4v) is 3.35. The van der Waals surface area contributed by atoms with Crippen molar-refractivity contribution in [2.45, 2.75) is 5.03 Å². The van der Waals surface area contributed by atoms with Crippen LogP contribution in [0.15, 0.2) is 23.4 Å². The number of piperazine rings is 1. The quantitative estimate of drug-likeness (QED) is 0.733. The first-order chi connectivity index (χ1) is 9.04. The van der Waals surface area contributed by atoms with E-state index < -0.39 is 10.0 Å². The van der Waals surface area contributed by atoms with Crippen LogP contribution < -0.4 is 5.73 Å². The second-order valence-corrected chi connectivity index (χ2v) is 6.28. The van der Waals surface area contributed by atoms with E-state index in [-0.39, 0.29) is 11.6 Å². The maximum Gasteiger partial charge on any atom is 0.260 e. The molecule has 1 aromatic rings. The molecule has 0 aromatic carbocycles. The summed E-state index contributed by atoms with van der Waals surface area (Å²) in [6, 6.07) is 2.95. The SMILES string of the molecule is Nc1ccc(S(=O)(=O)N2CCN(CCO)CC2)nc1. The molecule has 0 amide bonds. The number of anilines is 1. The number of aliphatic hydroxyl groups excluding tert-OH is 1. The third-order valence-corrected chi connectivity index (χ3v) is 4.93. The van der Waals surface area contributed by atoms with E-state index in [1.165, 1.54) is 22.6 Å². The molecule has 1 aliphatic heterocycles. The van der Waals surface area contributed by atoms with Gasteiger partial charge in [-0.15, -0.1) is 0 Å². The first kappa shape index (κ1) is 14.2. The lowest BCUT2D eigenvalue weighted by Crippen LogP contribution is -2.49. The Kier molecular flexibility index (Phi) is 4.35. The second-order valence-electron chi connectivity index (χ2n) is 4.40. The number of hydrogen-bond donors (Lipinski definition) is 2. The summed E-state index contributed by atoms with van der Waals surface area (Å²) in [4.78, 5) is 5.90. The molecule has 0 saturated carbocycles. The van der Waals surface area contributed by atoms with Crippen molar-refractivity contribution >= 4 is 15.7 Å². The summed E-state index contributed by atoms with van der Waals surface area (Å²) in [7, 11) is -3.54. The van der Waals surface area contributed by atoms with Crippen molar-refractivity contribution in [3.63, 3.8) is 0 Å². The standard InChI is InChI=1S/C11H18N4O3S/c12-10-1-2-11(13-9-10)19(17,18)15-5-3-14(4-6-15)7-8-16/h1-2,9,16H,3-8,12H2. The molecule has 1 fully saturated rings. The van der Waals surface area contributed by atoms with Crippen LogP contribution in [-0.4, -0.2) is 67.0 Å². The van der Waals surface area contributed by atoms with Gasteiger partial charge >= 0.3 is 0 Å². The van der Waals surface area contributed by atoms with Gasteiger partial charge in [-0.2, -0.15) is 4.31 Å². The van der Waals surface area contributed by atoms with Gasteiger partial charge in [0.1, 0.15) is 0 Å². The zero-order valence-corrected chi connectivity index (χ0v) is 11.4. The van der Waals surface area contributed by atoms with E-state index >= 15 is 0 Å². The van der Waals surface area contributed by atoms with Gasteiger partial charge in [0.15, 0.2) is 5.03 Å². The Bertz CT molecular complexity index is 509. The molecule has 19 heavy (non-hydrogen) atoms. The average Bonchev–Trinajstić information content (AvgIpc) is 2.40. The van der Waals surface area contributed by atoms with Crippen LogP contribution >= 0.6 is 0 Å². The molecule has 106 valence electrons. The van der Waals surface area contributed by atoms with E-state index in [1.54, 1.807) is 0 Å². The Balaban J connectivity index is 2.07. The minimum atomic E-state index is -3.54. The first-order valence-corrected chi connectivity index (χ1v) is 7.53. The molecule has 2 heterocycles. The van der Waals surface area contributed by atoms with Crippen LogP contribution in [0, 0.1) is 0 Å². The molecule has 0 bridgehead atoms. The number of hydrogen-bond acceptors (Lipinski definition) is 6. The first-order valence-electron chi connectivity index (χ1n) is 6.09. The summed E-state index contributed by atoms with van der Waals surface area (Å²) in [6.45, 7) is 2.73. The third kappa shape index (κ3) is 3.21. The van der Waals surface area contributed by atoms with Crippen molar-refractivity contribution in [3.8, 4) is 0 Å². The molecule has 3 N–H and O–H groups in total. The molecule has 0 spiro atoms. The molecule has 0 radical (unpaired) electrons. The van der Waals surface area contributed by atoms with Gasteiger partial charge in [-0.25, -0.2) is 13.4 Å². The van der Waals surface area contributed by atoms with Crippen molar-refractivity contribution in [1.29, 1.82) is 0 Å². The highest BCUT2D eigenvalue weighted by Gasteiger charge is 2.29. The number of nitrogen functional groups attached to an aromatic ring is 1. The molecule has 1 aromatic heterocycles. The monoisotopic (exact) mass is 286 g/mol. The van der Waals surface area contributed by atoms with Crippen LogP contribution in [0.3, 0.4) is 0 Å². The number of rotatable bonds is 4. The Morgan fingerprint density at radius 2 is 1.95 bits per heavy atom. The van der Waals surface area contributed by atoms with Crippen molar-refractivity contribution in [2.75, 3.05) is 45.1 Å². The third-order valence-electron chi connectivity index (χ3n) is 3.11. The van der Waals surface area contributed by atoms with Crippen molar-refractivity contribution < 1.29 is 13.5 Å². The van der Waals surface area contributed by atoms with Crippen molar-refractivity contribution in [1.82, 2.24) is 14.2 Å². The minimum Gasteiger partial charge on any atom is -0.397 e. The molecule has 7 nitrogen and oxygen atoms in total. The van der Waals surface area contributed by atoms with E-state index in [2.05, 4.69) is 4.98 Å². The van der Waals surface area contributed by atoms with E-state index in [9.17, 15) is 8.42 Å². The normalized spacial score (nSPS) is 18.6. The molecule has 1 aliphatic rings. The maximum absolute atomic E-state index is 12.3. The van der Waals surface area contributed by atoms with Gasteiger partial charge in [-0.1, -0.05) is 0 Å². The smallest absolute Gasteiger partial charge is 0.260 e. The summed E-state index contributed by atoms with van der Waals surface area (Å²) in [5.41, 5.74) is 5.94. The molecule has 0 aliphatic carbocycles. The zero-order chi connectivity index (χ0) is 13.9. The van der Waals surface area contributed by atoms with Crippen LogP contribution in [0.5, 0.6) is 0 Å². The number of aliphatic hydroxyl groups is 1.